The highest BCUT2D eigenvalue weighted by Gasteiger charge is 2.14. The molecule has 0 aliphatic heterocycles. The van der Waals surface area contributed by atoms with Crippen LogP contribution in [0.4, 0.5) is 5.13 Å². The number of hydrogen-bond acceptors (Lipinski definition) is 7. The third kappa shape index (κ3) is 5.24. The van der Waals surface area contributed by atoms with Crippen molar-refractivity contribution < 1.29 is 14.2 Å². The van der Waals surface area contributed by atoms with Crippen molar-refractivity contribution in [2.45, 2.75) is 26.7 Å². The Labute approximate surface area is 125 Å². The molecule has 116 valence electrons. The minimum absolute atomic E-state index is 0.211. The molecule has 0 unspecified atom stereocenters. The topological polar surface area (TPSA) is 55.9 Å². The van der Waals surface area contributed by atoms with Crippen molar-refractivity contribution in [3.8, 4) is 5.88 Å². The van der Waals surface area contributed by atoms with Gasteiger partial charge in [-0.1, -0.05) is 11.3 Å². The average Bonchev–Trinajstić information content (AvgIpc) is 2.83. The smallest absolute Gasteiger partial charge is 0.230 e. The summed E-state index contributed by atoms with van der Waals surface area (Å²) >= 11 is 1.62. The fourth-order valence-electron chi connectivity index (χ4n) is 1.63. The van der Waals surface area contributed by atoms with E-state index in [1.54, 1.807) is 18.4 Å². The molecule has 7 heteroatoms. The molecule has 0 aromatic carbocycles. The summed E-state index contributed by atoms with van der Waals surface area (Å²) in [5, 5.41) is 4.26. The van der Waals surface area contributed by atoms with Gasteiger partial charge in [0.25, 0.3) is 0 Å². The van der Waals surface area contributed by atoms with Gasteiger partial charge in [0.1, 0.15) is 0 Å². The third-order valence-corrected chi connectivity index (χ3v) is 3.73. The SMILES string of the molecule is CCOC(CNCc1sc(N(C)C)nc1OC)OCC. The Hall–Kier alpha value is -0.890. The largest absolute Gasteiger partial charge is 0.480 e. The number of hydrogen-bond donors (Lipinski definition) is 1. The minimum atomic E-state index is -0.211. The zero-order chi connectivity index (χ0) is 15.0. The fraction of sp³-hybridized carbons (Fsp3) is 0.769. The van der Waals surface area contributed by atoms with E-state index in [4.69, 9.17) is 14.2 Å². The van der Waals surface area contributed by atoms with Gasteiger partial charge in [0, 0.05) is 40.4 Å². The van der Waals surface area contributed by atoms with Gasteiger partial charge in [-0.2, -0.15) is 4.98 Å². The minimum Gasteiger partial charge on any atom is -0.480 e. The van der Waals surface area contributed by atoms with Crippen LogP contribution in [0, 0.1) is 0 Å². The van der Waals surface area contributed by atoms with Crippen LogP contribution in [0.1, 0.15) is 18.7 Å². The van der Waals surface area contributed by atoms with Gasteiger partial charge in [-0.05, 0) is 13.8 Å². The quantitative estimate of drug-likeness (QED) is 0.664. The highest BCUT2D eigenvalue weighted by atomic mass is 32.1. The molecule has 1 N–H and O–H groups in total. The zero-order valence-electron chi connectivity index (χ0n) is 12.9. The molecule has 0 saturated carbocycles. The van der Waals surface area contributed by atoms with Gasteiger partial charge >= 0.3 is 0 Å². The lowest BCUT2D eigenvalue weighted by molar-refractivity contribution is -0.133. The zero-order valence-corrected chi connectivity index (χ0v) is 13.7. The molecule has 0 fully saturated rings. The van der Waals surface area contributed by atoms with E-state index in [0.29, 0.717) is 32.2 Å². The van der Waals surface area contributed by atoms with Crippen LogP contribution in [-0.4, -0.2) is 52.2 Å². The van der Waals surface area contributed by atoms with Gasteiger partial charge < -0.3 is 24.4 Å². The molecule has 0 saturated heterocycles. The number of nitrogens with zero attached hydrogens (tertiary/aromatic N) is 2. The maximum absolute atomic E-state index is 5.48. The summed E-state index contributed by atoms with van der Waals surface area (Å²) in [5.41, 5.74) is 0. The van der Waals surface area contributed by atoms with Crippen LogP contribution in [-0.2, 0) is 16.0 Å². The Bertz CT molecular complexity index is 379. The van der Waals surface area contributed by atoms with Crippen molar-refractivity contribution in [1.29, 1.82) is 0 Å². The summed E-state index contributed by atoms with van der Waals surface area (Å²) in [7, 11) is 5.58. The first-order valence-corrected chi connectivity index (χ1v) is 7.58. The number of ether oxygens (including phenoxy) is 3. The molecular weight excluding hydrogens is 278 g/mol. The molecule has 0 aliphatic carbocycles. The molecule has 0 bridgehead atoms. The first-order chi connectivity index (χ1) is 9.62. The second kappa shape index (κ2) is 9.12. The Balaban J connectivity index is 2.51. The second-order valence-corrected chi connectivity index (χ2v) is 5.36. The molecule has 0 amide bonds. The summed E-state index contributed by atoms with van der Waals surface area (Å²) in [6.45, 7) is 6.52. The van der Waals surface area contributed by atoms with E-state index in [-0.39, 0.29) is 6.29 Å². The number of methoxy groups -OCH3 is 1. The van der Waals surface area contributed by atoms with Gasteiger partial charge in [0.05, 0.1) is 12.0 Å². The van der Waals surface area contributed by atoms with Gasteiger partial charge in [0.15, 0.2) is 11.4 Å². The normalized spacial score (nSPS) is 11.1. The molecule has 0 radical (unpaired) electrons. The summed E-state index contributed by atoms with van der Waals surface area (Å²) in [6.07, 6.45) is -0.211. The number of thiazole rings is 1. The Morgan fingerprint density at radius 2 is 1.90 bits per heavy atom. The monoisotopic (exact) mass is 303 g/mol. The third-order valence-electron chi connectivity index (χ3n) is 2.53. The van der Waals surface area contributed by atoms with Crippen molar-refractivity contribution >= 4 is 16.5 Å². The second-order valence-electron chi connectivity index (χ2n) is 4.29. The number of aromatic nitrogens is 1. The van der Waals surface area contributed by atoms with Crippen molar-refractivity contribution in [2.75, 3.05) is 45.9 Å². The molecule has 1 aromatic rings. The first-order valence-electron chi connectivity index (χ1n) is 6.77. The van der Waals surface area contributed by atoms with E-state index < -0.39 is 0 Å². The van der Waals surface area contributed by atoms with E-state index in [2.05, 4.69) is 10.3 Å². The number of nitrogens with one attached hydrogen (secondary N) is 1. The van der Waals surface area contributed by atoms with Gasteiger partial charge in [-0.3, -0.25) is 0 Å². The van der Waals surface area contributed by atoms with Crippen LogP contribution < -0.4 is 15.0 Å². The molecule has 1 aromatic heterocycles. The lowest BCUT2D eigenvalue weighted by Crippen LogP contribution is -2.31. The highest BCUT2D eigenvalue weighted by Crippen LogP contribution is 2.30. The number of anilines is 1. The van der Waals surface area contributed by atoms with Crippen LogP contribution in [0.2, 0.25) is 0 Å². The predicted octanol–water partition coefficient (Wildman–Crippen LogP) is 1.71. The molecule has 1 heterocycles. The summed E-state index contributed by atoms with van der Waals surface area (Å²) in [6, 6.07) is 0. The lowest BCUT2D eigenvalue weighted by Gasteiger charge is -2.17. The van der Waals surface area contributed by atoms with Gasteiger partial charge in [0.2, 0.25) is 5.88 Å². The van der Waals surface area contributed by atoms with Crippen LogP contribution in [0.25, 0.3) is 0 Å². The van der Waals surface area contributed by atoms with E-state index >= 15 is 0 Å². The van der Waals surface area contributed by atoms with Crippen molar-refractivity contribution in [3.05, 3.63) is 4.88 Å². The van der Waals surface area contributed by atoms with Crippen LogP contribution >= 0.6 is 11.3 Å². The molecule has 0 aliphatic rings. The average molecular weight is 303 g/mol. The summed E-state index contributed by atoms with van der Waals surface area (Å²) in [5.74, 6) is 0.676. The molecule has 1 rings (SSSR count). The first kappa shape index (κ1) is 17.2. The van der Waals surface area contributed by atoms with Crippen LogP contribution in [0.5, 0.6) is 5.88 Å². The maximum atomic E-state index is 5.48. The van der Waals surface area contributed by atoms with E-state index in [1.165, 1.54) is 0 Å². The van der Waals surface area contributed by atoms with Gasteiger partial charge in [-0.15, -0.1) is 0 Å². The lowest BCUT2D eigenvalue weighted by atomic mass is 10.5. The number of rotatable bonds is 10. The van der Waals surface area contributed by atoms with Crippen LogP contribution in [0.15, 0.2) is 0 Å². The maximum Gasteiger partial charge on any atom is 0.230 e. The van der Waals surface area contributed by atoms with Gasteiger partial charge in [-0.25, -0.2) is 0 Å². The van der Waals surface area contributed by atoms with Crippen molar-refractivity contribution in [2.24, 2.45) is 0 Å². The van der Waals surface area contributed by atoms with E-state index in [0.717, 1.165) is 10.0 Å². The highest BCUT2D eigenvalue weighted by molar-refractivity contribution is 7.15. The molecular formula is C13H25N3O3S. The summed E-state index contributed by atoms with van der Waals surface area (Å²) < 4.78 is 16.3. The van der Waals surface area contributed by atoms with Crippen molar-refractivity contribution in [1.82, 2.24) is 10.3 Å². The van der Waals surface area contributed by atoms with E-state index in [9.17, 15) is 0 Å². The predicted molar refractivity (Wildman–Crippen MR) is 81.7 cm³/mol. The van der Waals surface area contributed by atoms with Crippen molar-refractivity contribution in [3.63, 3.8) is 0 Å². The molecule has 0 spiro atoms. The standard InChI is InChI=1S/C13H25N3O3S/c1-6-18-11(19-7-2)9-14-8-10-12(17-5)15-13(20-10)16(3)4/h11,14H,6-9H2,1-5H3. The fourth-order valence-corrected chi connectivity index (χ4v) is 2.55. The Morgan fingerprint density at radius 3 is 2.40 bits per heavy atom. The molecule has 20 heavy (non-hydrogen) atoms. The summed E-state index contributed by atoms with van der Waals surface area (Å²) in [4.78, 5) is 7.46. The Morgan fingerprint density at radius 1 is 1.25 bits per heavy atom. The van der Waals surface area contributed by atoms with Crippen LogP contribution in [0.3, 0.4) is 0 Å². The molecule has 0 atom stereocenters. The van der Waals surface area contributed by atoms with E-state index in [1.807, 2.05) is 32.8 Å². The molecule has 6 nitrogen and oxygen atoms in total. The Kier molecular flexibility index (Phi) is 7.83.